The zero-order valence-electron chi connectivity index (χ0n) is 9.85. The summed E-state index contributed by atoms with van der Waals surface area (Å²) in [5, 5.41) is 10.6. The lowest BCUT2D eigenvalue weighted by Crippen LogP contribution is -2.26. The molecule has 1 aliphatic heterocycles. The molecule has 1 unspecified atom stereocenters. The molecule has 2 rings (SSSR count). The minimum Gasteiger partial charge on any atom is -0.388 e. The van der Waals surface area contributed by atoms with E-state index in [1.54, 1.807) is 18.3 Å². The maximum absolute atomic E-state index is 9.49. The van der Waals surface area contributed by atoms with Crippen LogP contribution in [0, 0.1) is 0 Å². The van der Waals surface area contributed by atoms with E-state index in [0.717, 1.165) is 23.1 Å². The number of rotatable bonds is 2. The molecule has 90 valence electrons. The van der Waals surface area contributed by atoms with Crippen LogP contribution in [0.15, 0.2) is 6.20 Å². The summed E-state index contributed by atoms with van der Waals surface area (Å²) in [6.45, 7) is 4.03. The molecular formula is C12H20N2OS. The fourth-order valence-corrected chi connectivity index (χ4v) is 2.96. The van der Waals surface area contributed by atoms with Crippen LogP contribution in [0.2, 0.25) is 0 Å². The molecule has 1 saturated heterocycles. The molecule has 16 heavy (non-hydrogen) atoms. The molecule has 1 N–H and O–H groups in total. The van der Waals surface area contributed by atoms with Gasteiger partial charge in [-0.25, -0.2) is 4.98 Å². The van der Waals surface area contributed by atoms with Crippen LogP contribution >= 0.6 is 11.3 Å². The first-order valence-electron chi connectivity index (χ1n) is 6.16. The predicted molar refractivity (Wildman–Crippen MR) is 68.0 cm³/mol. The molecule has 2 heterocycles. The topological polar surface area (TPSA) is 36.4 Å². The summed E-state index contributed by atoms with van der Waals surface area (Å²) < 4.78 is 0. The van der Waals surface area contributed by atoms with Crippen LogP contribution < -0.4 is 4.90 Å². The first-order chi connectivity index (χ1) is 7.77. The van der Waals surface area contributed by atoms with E-state index in [2.05, 4.69) is 9.88 Å². The van der Waals surface area contributed by atoms with Crippen LogP contribution in [-0.2, 0) is 0 Å². The SMILES string of the molecule is CC(O)c1cnc(N2CCCCCCC2)s1. The lowest BCUT2D eigenvalue weighted by atomic mass is 10.1. The minimum absolute atomic E-state index is 0.388. The fraction of sp³-hybridized carbons (Fsp3) is 0.750. The Morgan fingerprint density at radius 1 is 1.25 bits per heavy atom. The summed E-state index contributed by atoms with van der Waals surface area (Å²) in [4.78, 5) is 7.76. The third-order valence-corrected chi connectivity index (χ3v) is 4.28. The standard InChI is InChI=1S/C12H20N2OS/c1-10(15)11-9-13-12(16-11)14-7-5-3-2-4-6-8-14/h9-10,15H,2-8H2,1H3. The molecule has 0 spiro atoms. The highest BCUT2D eigenvalue weighted by molar-refractivity contribution is 7.15. The highest BCUT2D eigenvalue weighted by atomic mass is 32.1. The number of aliphatic hydroxyl groups excluding tert-OH is 1. The van der Waals surface area contributed by atoms with Gasteiger partial charge in [-0.15, -0.1) is 0 Å². The van der Waals surface area contributed by atoms with Gasteiger partial charge in [-0.1, -0.05) is 30.6 Å². The molecular weight excluding hydrogens is 220 g/mol. The Labute approximate surface area is 101 Å². The van der Waals surface area contributed by atoms with E-state index >= 15 is 0 Å². The van der Waals surface area contributed by atoms with Crippen LogP contribution in [0.4, 0.5) is 5.13 Å². The van der Waals surface area contributed by atoms with Gasteiger partial charge in [0.2, 0.25) is 0 Å². The summed E-state index contributed by atoms with van der Waals surface area (Å²) in [6, 6.07) is 0. The molecule has 1 aromatic heterocycles. The molecule has 0 bridgehead atoms. The van der Waals surface area contributed by atoms with Gasteiger partial charge in [-0.3, -0.25) is 0 Å². The van der Waals surface area contributed by atoms with Crippen molar-refractivity contribution in [2.75, 3.05) is 18.0 Å². The predicted octanol–water partition coefficient (Wildman–Crippen LogP) is 2.97. The van der Waals surface area contributed by atoms with Crippen molar-refractivity contribution in [1.82, 2.24) is 4.98 Å². The summed E-state index contributed by atoms with van der Waals surface area (Å²) >= 11 is 1.63. The van der Waals surface area contributed by atoms with Crippen molar-refractivity contribution in [2.24, 2.45) is 0 Å². The molecule has 0 saturated carbocycles. The normalized spacial score (nSPS) is 20.2. The third kappa shape index (κ3) is 2.95. The van der Waals surface area contributed by atoms with Gasteiger partial charge in [-0.05, 0) is 19.8 Å². The second-order valence-corrected chi connectivity index (χ2v) is 5.52. The van der Waals surface area contributed by atoms with E-state index in [0.29, 0.717) is 0 Å². The van der Waals surface area contributed by atoms with Crippen LogP contribution in [0.1, 0.15) is 50.0 Å². The maximum Gasteiger partial charge on any atom is 0.185 e. The Bertz CT molecular complexity index is 317. The number of aromatic nitrogens is 1. The average molecular weight is 240 g/mol. The number of hydrogen-bond donors (Lipinski definition) is 1. The van der Waals surface area contributed by atoms with Gasteiger partial charge in [0.25, 0.3) is 0 Å². The largest absolute Gasteiger partial charge is 0.388 e. The second-order valence-electron chi connectivity index (χ2n) is 4.48. The summed E-state index contributed by atoms with van der Waals surface area (Å²) in [5.74, 6) is 0. The number of aliphatic hydroxyl groups is 1. The lowest BCUT2D eigenvalue weighted by Gasteiger charge is -2.23. The molecule has 0 aromatic carbocycles. The van der Waals surface area contributed by atoms with E-state index in [1.165, 1.54) is 32.1 Å². The molecule has 1 aromatic rings. The highest BCUT2D eigenvalue weighted by Crippen LogP contribution is 2.28. The molecule has 0 aliphatic carbocycles. The molecule has 1 atom stereocenters. The van der Waals surface area contributed by atoms with E-state index in [9.17, 15) is 5.11 Å². The molecule has 1 fully saturated rings. The van der Waals surface area contributed by atoms with Crippen molar-refractivity contribution in [1.29, 1.82) is 0 Å². The third-order valence-electron chi connectivity index (χ3n) is 3.05. The van der Waals surface area contributed by atoms with E-state index in [-0.39, 0.29) is 6.10 Å². The Hall–Kier alpha value is -0.610. The molecule has 3 nitrogen and oxygen atoms in total. The zero-order valence-corrected chi connectivity index (χ0v) is 10.7. The van der Waals surface area contributed by atoms with E-state index in [1.807, 2.05) is 6.20 Å². The number of anilines is 1. The Kier molecular flexibility index (Phi) is 4.18. The van der Waals surface area contributed by atoms with Crippen LogP contribution in [0.5, 0.6) is 0 Å². The average Bonchev–Trinajstić information content (AvgIpc) is 2.66. The van der Waals surface area contributed by atoms with Gasteiger partial charge in [-0.2, -0.15) is 0 Å². The molecule has 0 amide bonds. The van der Waals surface area contributed by atoms with Crippen LogP contribution in [-0.4, -0.2) is 23.2 Å². The summed E-state index contributed by atoms with van der Waals surface area (Å²) in [7, 11) is 0. The van der Waals surface area contributed by atoms with Crippen molar-refractivity contribution < 1.29 is 5.11 Å². The van der Waals surface area contributed by atoms with Gasteiger partial charge >= 0.3 is 0 Å². The van der Waals surface area contributed by atoms with E-state index in [4.69, 9.17) is 0 Å². The van der Waals surface area contributed by atoms with Crippen molar-refractivity contribution in [3.8, 4) is 0 Å². The highest BCUT2D eigenvalue weighted by Gasteiger charge is 2.14. The zero-order chi connectivity index (χ0) is 11.4. The first-order valence-corrected chi connectivity index (χ1v) is 6.98. The lowest BCUT2D eigenvalue weighted by molar-refractivity contribution is 0.203. The van der Waals surface area contributed by atoms with Gasteiger partial charge in [0, 0.05) is 19.3 Å². The second kappa shape index (κ2) is 5.64. The Morgan fingerprint density at radius 3 is 2.44 bits per heavy atom. The van der Waals surface area contributed by atoms with Crippen molar-refractivity contribution in [3.05, 3.63) is 11.1 Å². The first kappa shape index (κ1) is 11.9. The van der Waals surface area contributed by atoms with Gasteiger partial charge < -0.3 is 10.0 Å². The summed E-state index contributed by atoms with van der Waals surface area (Å²) in [5.41, 5.74) is 0. The Balaban J connectivity index is 2.02. The smallest absolute Gasteiger partial charge is 0.185 e. The van der Waals surface area contributed by atoms with Crippen molar-refractivity contribution in [3.63, 3.8) is 0 Å². The fourth-order valence-electron chi connectivity index (χ4n) is 2.06. The monoisotopic (exact) mass is 240 g/mol. The van der Waals surface area contributed by atoms with Crippen molar-refractivity contribution in [2.45, 2.75) is 45.1 Å². The number of thiazole rings is 1. The number of hydrogen-bond acceptors (Lipinski definition) is 4. The van der Waals surface area contributed by atoms with E-state index < -0.39 is 0 Å². The minimum atomic E-state index is -0.388. The maximum atomic E-state index is 9.49. The molecule has 0 radical (unpaired) electrons. The number of nitrogens with zero attached hydrogens (tertiary/aromatic N) is 2. The van der Waals surface area contributed by atoms with Crippen LogP contribution in [0.25, 0.3) is 0 Å². The van der Waals surface area contributed by atoms with Gasteiger partial charge in [0.1, 0.15) is 0 Å². The van der Waals surface area contributed by atoms with Crippen LogP contribution in [0.3, 0.4) is 0 Å². The Morgan fingerprint density at radius 2 is 1.88 bits per heavy atom. The molecule has 4 heteroatoms. The molecule has 1 aliphatic rings. The quantitative estimate of drug-likeness (QED) is 0.863. The van der Waals surface area contributed by atoms with Gasteiger partial charge in [0.05, 0.1) is 11.0 Å². The van der Waals surface area contributed by atoms with Gasteiger partial charge in [0.15, 0.2) is 5.13 Å². The van der Waals surface area contributed by atoms with Crippen molar-refractivity contribution >= 4 is 16.5 Å². The summed E-state index contributed by atoms with van der Waals surface area (Å²) in [6.07, 6.45) is 8.01.